The number of rotatable bonds is 13. The number of aromatic nitrogens is 4. The Morgan fingerprint density at radius 1 is 0.906 bits per heavy atom. The van der Waals surface area contributed by atoms with Crippen molar-refractivity contribution in [3.05, 3.63) is 71.8 Å². The smallest absolute Gasteiger partial charge is 0.251 e. The van der Waals surface area contributed by atoms with Gasteiger partial charge in [-0.3, -0.25) is 14.4 Å². The minimum atomic E-state index is -0.830. The maximum Gasteiger partial charge on any atom is 0.251 e. The summed E-state index contributed by atoms with van der Waals surface area (Å²) in [5.74, 6) is 1.10. The average Bonchev–Trinajstić information content (AvgIpc) is 3.74. The number of ether oxygens (including phenoxy) is 2. The molecule has 4 aromatic rings. The van der Waals surface area contributed by atoms with Crippen LogP contribution in [0, 0.1) is 11.8 Å². The number of amides is 3. The third-order valence-corrected chi connectivity index (χ3v) is 10.4. The first-order valence-corrected chi connectivity index (χ1v) is 18.2. The van der Waals surface area contributed by atoms with Gasteiger partial charge in [-0.15, -0.1) is 10.2 Å². The Bertz CT molecular complexity index is 1810. The van der Waals surface area contributed by atoms with Gasteiger partial charge in [-0.25, -0.2) is 0 Å². The molecule has 6 N–H and O–H groups in total. The average molecular weight is 724 g/mol. The SMILES string of the molecule is COc1cc(C(=O)NC2CCN(C)CC2)cc(OC)c1-c1ccc(C[C@H](NC(=O)C2CCC(CN)CC2)C(=O)Nc2ccc(-c3nn[nH]n3)cc2)cc1. The van der Waals surface area contributed by atoms with Crippen molar-refractivity contribution < 1.29 is 23.9 Å². The van der Waals surface area contributed by atoms with Gasteiger partial charge in [-0.2, -0.15) is 5.21 Å². The number of nitrogens with zero attached hydrogens (tertiary/aromatic N) is 4. The Kier molecular flexibility index (Phi) is 12.3. The van der Waals surface area contributed by atoms with E-state index >= 15 is 0 Å². The molecule has 2 fully saturated rings. The maximum atomic E-state index is 13.8. The fraction of sp³-hybridized carbons (Fsp3) is 0.436. The van der Waals surface area contributed by atoms with Crippen molar-refractivity contribution in [3.8, 4) is 34.0 Å². The van der Waals surface area contributed by atoms with Crippen molar-refractivity contribution in [2.24, 2.45) is 17.6 Å². The number of carbonyl (C=O) groups excluding carboxylic acids is 3. The fourth-order valence-corrected chi connectivity index (χ4v) is 7.17. The lowest BCUT2D eigenvalue weighted by atomic mass is 9.81. The van der Waals surface area contributed by atoms with Crippen molar-refractivity contribution in [2.75, 3.05) is 46.2 Å². The van der Waals surface area contributed by atoms with Crippen LogP contribution in [0.1, 0.15) is 54.4 Å². The van der Waals surface area contributed by atoms with Crippen LogP contribution < -0.4 is 31.2 Å². The highest BCUT2D eigenvalue weighted by Crippen LogP contribution is 2.40. The van der Waals surface area contributed by atoms with Gasteiger partial charge >= 0.3 is 0 Å². The minimum absolute atomic E-state index is 0.119. The number of H-pyrrole nitrogens is 1. The number of tetrazole rings is 1. The first kappa shape index (κ1) is 37.4. The molecule has 1 aromatic heterocycles. The van der Waals surface area contributed by atoms with Crippen molar-refractivity contribution in [1.29, 1.82) is 0 Å². The van der Waals surface area contributed by atoms with Gasteiger partial charge in [-0.05, 0) is 124 Å². The predicted molar refractivity (Wildman–Crippen MR) is 201 cm³/mol. The van der Waals surface area contributed by atoms with Gasteiger partial charge in [0.25, 0.3) is 5.91 Å². The van der Waals surface area contributed by atoms with Crippen LogP contribution in [0.2, 0.25) is 0 Å². The molecule has 1 aliphatic heterocycles. The number of piperidine rings is 1. The standard InChI is InChI=1S/C39H49N9O5/c1-48-18-16-31(17-19-48)41-38(50)29-21-33(52-2)35(34(22-29)53-3)26-8-4-24(5-9-26)20-32(43-37(49)28-10-6-25(23-40)7-11-28)39(51)42-30-14-12-27(13-15-30)36-44-46-47-45-36/h4-5,8-9,12-15,21-22,25,28,31-32H,6-7,10-11,16-20,23,40H2,1-3H3,(H,41,50)(H,42,51)(H,43,49)(H,44,45,46,47)/t25?,28?,32-/m0/s1. The summed E-state index contributed by atoms with van der Waals surface area (Å²) in [6.07, 6.45) is 5.36. The zero-order chi connectivity index (χ0) is 37.3. The highest BCUT2D eigenvalue weighted by molar-refractivity contribution is 5.98. The van der Waals surface area contributed by atoms with Crippen LogP contribution in [0.25, 0.3) is 22.5 Å². The minimum Gasteiger partial charge on any atom is -0.496 e. The molecule has 14 nitrogen and oxygen atoms in total. The summed E-state index contributed by atoms with van der Waals surface area (Å²) in [4.78, 5) is 42.8. The van der Waals surface area contributed by atoms with E-state index in [9.17, 15) is 14.4 Å². The molecule has 1 saturated heterocycles. The Hall–Kier alpha value is -5.34. The highest BCUT2D eigenvalue weighted by atomic mass is 16.5. The van der Waals surface area contributed by atoms with E-state index in [0.29, 0.717) is 46.6 Å². The molecule has 3 aromatic carbocycles. The molecule has 1 saturated carbocycles. The second-order valence-electron chi connectivity index (χ2n) is 14.0. The number of nitrogens with two attached hydrogens (primary N) is 1. The molecule has 280 valence electrons. The lowest BCUT2D eigenvalue weighted by molar-refractivity contribution is -0.130. The van der Waals surface area contributed by atoms with Crippen LogP contribution in [0.4, 0.5) is 5.69 Å². The molecule has 1 aliphatic carbocycles. The van der Waals surface area contributed by atoms with E-state index in [4.69, 9.17) is 15.2 Å². The Morgan fingerprint density at radius 3 is 2.13 bits per heavy atom. The van der Waals surface area contributed by atoms with E-state index in [1.165, 1.54) is 0 Å². The van der Waals surface area contributed by atoms with E-state index in [2.05, 4.69) is 48.5 Å². The number of aromatic amines is 1. The predicted octanol–water partition coefficient (Wildman–Crippen LogP) is 3.81. The van der Waals surface area contributed by atoms with Crippen molar-refractivity contribution in [1.82, 2.24) is 36.2 Å². The molecule has 0 unspecified atom stereocenters. The molecule has 1 atom stereocenters. The molecule has 6 rings (SSSR count). The summed E-state index contributed by atoms with van der Waals surface area (Å²) in [5.41, 5.74) is 10.0. The van der Waals surface area contributed by atoms with Gasteiger partial charge in [0.1, 0.15) is 17.5 Å². The molecule has 53 heavy (non-hydrogen) atoms. The quantitative estimate of drug-likeness (QED) is 0.136. The van der Waals surface area contributed by atoms with E-state index < -0.39 is 6.04 Å². The number of benzene rings is 3. The monoisotopic (exact) mass is 723 g/mol. The third-order valence-electron chi connectivity index (χ3n) is 10.4. The third kappa shape index (κ3) is 9.37. The van der Waals surface area contributed by atoms with Crippen LogP contribution in [-0.2, 0) is 16.0 Å². The molecule has 2 heterocycles. The number of anilines is 1. The zero-order valence-corrected chi connectivity index (χ0v) is 30.6. The van der Waals surface area contributed by atoms with Gasteiger partial charge in [-0.1, -0.05) is 24.3 Å². The van der Waals surface area contributed by atoms with E-state index in [0.717, 1.165) is 68.3 Å². The Morgan fingerprint density at radius 2 is 1.55 bits per heavy atom. The molecule has 0 radical (unpaired) electrons. The second kappa shape index (κ2) is 17.5. The molecular formula is C39H49N9O5. The first-order valence-electron chi connectivity index (χ1n) is 18.2. The summed E-state index contributed by atoms with van der Waals surface area (Å²) in [6.45, 7) is 2.51. The number of nitrogens with one attached hydrogen (secondary N) is 4. The normalized spacial score (nSPS) is 18.5. The largest absolute Gasteiger partial charge is 0.496 e. The Balaban J connectivity index is 1.18. The molecule has 3 amide bonds. The fourth-order valence-electron chi connectivity index (χ4n) is 7.17. The van der Waals surface area contributed by atoms with E-state index in [-0.39, 0.29) is 36.1 Å². The number of likely N-dealkylation sites (tertiary alicyclic amines) is 1. The summed E-state index contributed by atoms with van der Waals surface area (Å²) >= 11 is 0. The van der Waals surface area contributed by atoms with Crippen molar-refractivity contribution in [2.45, 2.75) is 57.0 Å². The number of hydrogen-bond acceptors (Lipinski definition) is 10. The number of carbonyl (C=O) groups is 3. The van der Waals surface area contributed by atoms with Gasteiger partial charge in [0.05, 0.1) is 19.8 Å². The number of methoxy groups -OCH3 is 2. The van der Waals surface area contributed by atoms with E-state index in [1.54, 1.807) is 50.6 Å². The lowest BCUT2D eigenvalue weighted by Crippen LogP contribution is -2.48. The molecule has 0 bridgehead atoms. The van der Waals surface area contributed by atoms with E-state index in [1.807, 2.05) is 24.3 Å². The van der Waals surface area contributed by atoms with Gasteiger partial charge in [0, 0.05) is 35.2 Å². The van der Waals surface area contributed by atoms with Crippen LogP contribution in [0.5, 0.6) is 11.5 Å². The van der Waals surface area contributed by atoms with Gasteiger partial charge < -0.3 is 36.1 Å². The van der Waals surface area contributed by atoms with Gasteiger partial charge in [0.15, 0.2) is 0 Å². The molecule has 2 aliphatic rings. The van der Waals surface area contributed by atoms with Crippen molar-refractivity contribution in [3.63, 3.8) is 0 Å². The second-order valence-corrected chi connectivity index (χ2v) is 14.0. The Labute approximate surface area is 309 Å². The molecular weight excluding hydrogens is 674 g/mol. The summed E-state index contributed by atoms with van der Waals surface area (Å²) in [7, 11) is 5.22. The molecule has 14 heteroatoms. The summed E-state index contributed by atoms with van der Waals surface area (Å²) in [5, 5.41) is 23.2. The van der Waals surface area contributed by atoms with Crippen LogP contribution in [0.3, 0.4) is 0 Å². The highest BCUT2D eigenvalue weighted by Gasteiger charge is 2.30. The zero-order valence-electron chi connectivity index (χ0n) is 30.6. The lowest BCUT2D eigenvalue weighted by Gasteiger charge is -2.29. The summed E-state index contributed by atoms with van der Waals surface area (Å²) < 4.78 is 11.6. The van der Waals surface area contributed by atoms with Crippen LogP contribution >= 0.6 is 0 Å². The number of hydrogen-bond donors (Lipinski definition) is 5. The van der Waals surface area contributed by atoms with Gasteiger partial charge in [0.2, 0.25) is 17.6 Å². The van der Waals surface area contributed by atoms with Crippen LogP contribution in [0.15, 0.2) is 60.7 Å². The van der Waals surface area contributed by atoms with Crippen molar-refractivity contribution >= 4 is 23.4 Å². The molecule has 0 spiro atoms. The topological polar surface area (TPSA) is 189 Å². The van der Waals surface area contributed by atoms with Crippen LogP contribution in [-0.4, -0.2) is 96.2 Å². The summed E-state index contributed by atoms with van der Waals surface area (Å²) in [6, 6.07) is 17.6. The first-order chi connectivity index (χ1) is 25.7. The maximum absolute atomic E-state index is 13.8.